The Bertz CT molecular complexity index is 809. The van der Waals surface area contributed by atoms with Gasteiger partial charge in [-0.05, 0) is 36.8 Å². The van der Waals surface area contributed by atoms with Gasteiger partial charge >= 0.3 is 0 Å². The quantitative estimate of drug-likeness (QED) is 0.777. The normalized spacial score (nSPS) is 10.6. The molecule has 0 bridgehead atoms. The molecule has 2 aromatic heterocycles. The lowest BCUT2D eigenvalue weighted by molar-refractivity contribution is 0.0952. The first-order valence-corrected chi connectivity index (χ1v) is 7.02. The minimum Gasteiger partial charge on any atom is -0.497 e. The van der Waals surface area contributed by atoms with Gasteiger partial charge in [-0.15, -0.1) is 0 Å². The molecule has 1 amide bonds. The fraction of sp³-hybridized carbons (Fsp3) is 0.176. The molecule has 2 N–H and O–H groups in total. The van der Waals surface area contributed by atoms with Crippen LogP contribution in [0.4, 0.5) is 0 Å². The summed E-state index contributed by atoms with van der Waals surface area (Å²) in [6, 6.07) is 9.41. The fourth-order valence-corrected chi connectivity index (χ4v) is 2.50. The van der Waals surface area contributed by atoms with E-state index in [4.69, 9.17) is 4.74 Å². The van der Waals surface area contributed by atoms with Gasteiger partial charge in [0.05, 0.1) is 18.2 Å². The third-order valence-corrected chi connectivity index (χ3v) is 3.62. The number of aromatic amines is 1. The van der Waals surface area contributed by atoms with E-state index in [-0.39, 0.29) is 5.91 Å². The predicted octanol–water partition coefficient (Wildman–Crippen LogP) is 2.81. The summed E-state index contributed by atoms with van der Waals surface area (Å²) < 4.78 is 5.21. The van der Waals surface area contributed by atoms with Crippen LogP contribution in [0.15, 0.2) is 42.7 Å². The number of fused-ring (bicyclic) bond motifs is 1. The highest BCUT2D eigenvalue weighted by Gasteiger charge is 2.16. The third kappa shape index (κ3) is 2.65. The molecule has 5 nitrogen and oxygen atoms in total. The van der Waals surface area contributed by atoms with Gasteiger partial charge in [0, 0.05) is 36.1 Å². The van der Waals surface area contributed by atoms with E-state index in [9.17, 15) is 4.79 Å². The van der Waals surface area contributed by atoms with Gasteiger partial charge in [-0.25, -0.2) is 0 Å². The first-order valence-electron chi connectivity index (χ1n) is 7.02. The molecule has 2 heterocycles. The maximum Gasteiger partial charge on any atom is 0.253 e. The van der Waals surface area contributed by atoms with Crippen molar-refractivity contribution in [2.45, 2.75) is 13.5 Å². The predicted molar refractivity (Wildman–Crippen MR) is 85.0 cm³/mol. The number of carbonyl (C=O) groups excluding carboxylic acids is 1. The number of benzene rings is 1. The molecule has 0 atom stereocenters. The van der Waals surface area contributed by atoms with Gasteiger partial charge in [0.25, 0.3) is 5.91 Å². The summed E-state index contributed by atoms with van der Waals surface area (Å²) in [6.07, 6.45) is 3.43. The zero-order valence-electron chi connectivity index (χ0n) is 12.5. The van der Waals surface area contributed by atoms with Crippen LogP contribution in [0, 0.1) is 6.92 Å². The number of nitrogens with one attached hydrogen (secondary N) is 2. The lowest BCUT2D eigenvalue weighted by atomic mass is 10.1. The van der Waals surface area contributed by atoms with E-state index in [2.05, 4.69) is 15.3 Å². The van der Waals surface area contributed by atoms with Crippen molar-refractivity contribution in [2.24, 2.45) is 0 Å². The van der Waals surface area contributed by atoms with E-state index in [0.29, 0.717) is 12.1 Å². The largest absolute Gasteiger partial charge is 0.497 e. The Morgan fingerprint density at radius 3 is 2.77 bits per heavy atom. The lowest BCUT2D eigenvalue weighted by Crippen LogP contribution is -2.23. The van der Waals surface area contributed by atoms with Crippen LogP contribution in [0.3, 0.4) is 0 Å². The van der Waals surface area contributed by atoms with E-state index >= 15 is 0 Å². The SMILES string of the molecule is COc1ccc2c(C(=O)NCc3ccncc3)c(C)[nH]c2c1. The molecule has 0 aliphatic carbocycles. The Morgan fingerprint density at radius 1 is 1.27 bits per heavy atom. The maximum atomic E-state index is 12.5. The number of ether oxygens (including phenoxy) is 1. The van der Waals surface area contributed by atoms with Gasteiger partial charge in [-0.1, -0.05) is 0 Å². The van der Waals surface area contributed by atoms with Gasteiger partial charge in [0.15, 0.2) is 0 Å². The van der Waals surface area contributed by atoms with Gasteiger partial charge in [0.2, 0.25) is 0 Å². The summed E-state index contributed by atoms with van der Waals surface area (Å²) in [4.78, 5) is 19.7. The molecule has 5 heteroatoms. The summed E-state index contributed by atoms with van der Waals surface area (Å²) in [6.45, 7) is 2.37. The van der Waals surface area contributed by atoms with Gasteiger partial charge in [-0.2, -0.15) is 0 Å². The summed E-state index contributed by atoms with van der Waals surface area (Å²) in [5.41, 5.74) is 3.43. The highest BCUT2D eigenvalue weighted by atomic mass is 16.5. The number of aromatic nitrogens is 2. The number of methoxy groups -OCH3 is 1. The van der Waals surface area contributed by atoms with Crippen molar-refractivity contribution in [2.75, 3.05) is 7.11 Å². The van der Waals surface area contributed by atoms with E-state index in [1.165, 1.54) is 0 Å². The zero-order valence-corrected chi connectivity index (χ0v) is 12.5. The number of nitrogens with zero attached hydrogens (tertiary/aromatic N) is 1. The standard InChI is InChI=1S/C17H17N3O2/c1-11-16(14-4-3-13(22-2)9-15(14)20-11)17(21)19-10-12-5-7-18-8-6-12/h3-9,20H,10H2,1-2H3,(H,19,21). The molecule has 0 unspecified atom stereocenters. The van der Waals surface area contributed by atoms with Crippen molar-refractivity contribution in [1.82, 2.24) is 15.3 Å². The van der Waals surface area contributed by atoms with Crippen LogP contribution in [0.2, 0.25) is 0 Å². The molecule has 22 heavy (non-hydrogen) atoms. The average Bonchev–Trinajstić information content (AvgIpc) is 2.88. The first kappa shape index (κ1) is 14.1. The van der Waals surface area contributed by atoms with Gasteiger partial charge in [-0.3, -0.25) is 9.78 Å². The Hall–Kier alpha value is -2.82. The number of hydrogen-bond acceptors (Lipinski definition) is 3. The number of H-pyrrole nitrogens is 1. The minimum absolute atomic E-state index is 0.0919. The van der Waals surface area contributed by atoms with Crippen molar-refractivity contribution in [3.63, 3.8) is 0 Å². The second-order valence-corrected chi connectivity index (χ2v) is 5.07. The van der Waals surface area contributed by atoms with Crippen LogP contribution >= 0.6 is 0 Å². The van der Waals surface area contributed by atoms with Crippen molar-refractivity contribution in [1.29, 1.82) is 0 Å². The number of carbonyl (C=O) groups is 1. The van der Waals surface area contributed by atoms with Crippen LogP contribution in [0.1, 0.15) is 21.6 Å². The summed E-state index contributed by atoms with van der Waals surface area (Å²) in [7, 11) is 1.62. The molecule has 0 radical (unpaired) electrons. The third-order valence-electron chi connectivity index (χ3n) is 3.62. The van der Waals surface area contributed by atoms with E-state index in [0.717, 1.165) is 27.9 Å². The molecule has 1 aromatic carbocycles. The van der Waals surface area contributed by atoms with E-state index in [1.807, 2.05) is 37.3 Å². The van der Waals surface area contributed by atoms with Crippen molar-refractivity contribution in [3.8, 4) is 5.75 Å². The average molecular weight is 295 g/mol. The lowest BCUT2D eigenvalue weighted by Gasteiger charge is -2.06. The first-order chi connectivity index (χ1) is 10.7. The number of rotatable bonds is 4. The second kappa shape index (κ2) is 5.89. The van der Waals surface area contributed by atoms with E-state index in [1.54, 1.807) is 19.5 Å². The van der Waals surface area contributed by atoms with Crippen molar-refractivity contribution >= 4 is 16.8 Å². The molecule has 0 saturated heterocycles. The van der Waals surface area contributed by atoms with Crippen LogP contribution < -0.4 is 10.1 Å². The summed E-state index contributed by atoms with van der Waals surface area (Å²) in [5, 5.41) is 3.84. The number of amides is 1. The molecule has 0 fully saturated rings. The number of pyridine rings is 1. The van der Waals surface area contributed by atoms with Crippen LogP contribution in [0.5, 0.6) is 5.75 Å². The second-order valence-electron chi connectivity index (χ2n) is 5.07. The molecule has 3 rings (SSSR count). The number of hydrogen-bond donors (Lipinski definition) is 2. The topological polar surface area (TPSA) is 67.0 Å². The van der Waals surface area contributed by atoms with E-state index < -0.39 is 0 Å². The zero-order chi connectivity index (χ0) is 15.5. The van der Waals surface area contributed by atoms with Gasteiger partial charge in [0.1, 0.15) is 5.75 Å². The van der Waals surface area contributed by atoms with Crippen molar-refractivity contribution < 1.29 is 9.53 Å². The van der Waals surface area contributed by atoms with Crippen molar-refractivity contribution in [3.05, 3.63) is 59.5 Å². The highest BCUT2D eigenvalue weighted by Crippen LogP contribution is 2.26. The molecule has 0 aliphatic heterocycles. The fourth-order valence-electron chi connectivity index (χ4n) is 2.50. The Balaban J connectivity index is 1.86. The molecular weight excluding hydrogens is 278 g/mol. The molecule has 0 spiro atoms. The molecular formula is C17H17N3O2. The summed E-state index contributed by atoms with van der Waals surface area (Å²) >= 11 is 0. The van der Waals surface area contributed by atoms with Crippen LogP contribution in [-0.2, 0) is 6.54 Å². The summed E-state index contributed by atoms with van der Waals surface area (Å²) in [5.74, 6) is 0.670. The van der Waals surface area contributed by atoms with Gasteiger partial charge < -0.3 is 15.0 Å². The monoisotopic (exact) mass is 295 g/mol. The maximum absolute atomic E-state index is 12.5. The molecule has 112 valence electrons. The Kier molecular flexibility index (Phi) is 3.78. The smallest absolute Gasteiger partial charge is 0.253 e. The minimum atomic E-state index is -0.0919. The Morgan fingerprint density at radius 2 is 2.05 bits per heavy atom. The molecule has 3 aromatic rings. The Labute approximate surface area is 128 Å². The number of aryl methyl sites for hydroxylation is 1. The highest BCUT2D eigenvalue weighted by molar-refractivity contribution is 6.08. The molecule has 0 aliphatic rings. The van der Waals surface area contributed by atoms with Crippen LogP contribution in [0.25, 0.3) is 10.9 Å². The molecule has 0 saturated carbocycles. The van der Waals surface area contributed by atoms with Crippen LogP contribution in [-0.4, -0.2) is 23.0 Å².